The van der Waals surface area contributed by atoms with Gasteiger partial charge >= 0.3 is 0 Å². The van der Waals surface area contributed by atoms with Crippen molar-refractivity contribution < 1.29 is 9.59 Å². The third-order valence-corrected chi connectivity index (χ3v) is 3.51. The van der Waals surface area contributed by atoms with Gasteiger partial charge in [0.25, 0.3) is 0 Å². The van der Waals surface area contributed by atoms with E-state index >= 15 is 0 Å². The molecule has 2 rings (SSSR count). The van der Waals surface area contributed by atoms with Gasteiger partial charge in [-0.15, -0.1) is 0 Å². The molecule has 108 valence electrons. The second-order valence-corrected chi connectivity index (χ2v) is 5.01. The summed E-state index contributed by atoms with van der Waals surface area (Å²) in [6.45, 7) is 5.50. The van der Waals surface area contributed by atoms with Gasteiger partial charge in [-0.1, -0.05) is 24.3 Å². The number of rotatable bonds is 4. The van der Waals surface area contributed by atoms with Crippen LogP contribution in [0.2, 0.25) is 0 Å². The fraction of sp³-hybridized carbons (Fsp3) is 0.467. The van der Waals surface area contributed by atoms with E-state index in [1.54, 1.807) is 6.92 Å². The summed E-state index contributed by atoms with van der Waals surface area (Å²) in [5.74, 6) is -0.502. The molecule has 0 radical (unpaired) electrons. The Morgan fingerprint density at radius 2 is 2.15 bits per heavy atom. The summed E-state index contributed by atoms with van der Waals surface area (Å²) in [4.78, 5) is 24.0. The smallest absolute Gasteiger partial charge is 0.242 e. The highest BCUT2D eigenvalue weighted by Gasteiger charge is 2.27. The Labute approximate surface area is 119 Å². The lowest BCUT2D eigenvalue weighted by Gasteiger charge is -2.26. The summed E-state index contributed by atoms with van der Waals surface area (Å²) in [6.07, 6.45) is 0. The topological polar surface area (TPSA) is 70.2 Å². The predicted molar refractivity (Wildman–Crippen MR) is 77.2 cm³/mol. The van der Waals surface area contributed by atoms with E-state index in [1.165, 1.54) is 0 Å². The number of likely N-dealkylation sites (N-methyl/N-ethyl adjacent to an activating group) is 1. The van der Waals surface area contributed by atoms with E-state index in [-0.39, 0.29) is 17.7 Å². The average Bonchev–Trinajstić information content (AvgIpc) is 2.46. The monoisotopic (exact) mass is 275 g/mol. The second-order valence-electron chi connectivity index (χ2n) is 5.01. The van der Waals surface area contributed by atoms with Crippen molar-refractivity contribution in [1.82, 2.24) is 16.0 Å². The molecule has 1 heterocycles. The molecule has 20 heavy (non-hydrogen) atoms. The molecule has 0 bridgehead atoms. The first-order chi connectivity index (χ1) is 9.63. The fourth-order valence-electron chi connectivity index (χ4n) is 2.44. The van der Waals surface area contributed by atoms with Gasteiger partial charge in [0.05, 0.1) is 5.92 Å². The van der Waals surface area contributed by atoms with Gasteiger partial charge in [0, 0.05) is 19.6 Å². The summed E-state index contributed by atoms with van der Waals surface area (Å²) in [7, 11) is 0. The largest absolute Gasteiger partial charge is 0.355 e. The summed E-state index contributed by atoms with van der Waals surface area (Å²) >= 11 is 0. The minimum absolute atomic E-state index is 0.108. The molecule has 1 aromatic carbocycles. The van der Waals surface area contributed by atoms with E-state index in [9.17, 15) is 9.59 Å². The SMILES string of the molecule is CCNC(=O)C(C)NC(=O)C1CNCc2ccccc21. The van der Waals surface area contributed by atoms with Crippen LogP contribution in [0.3, 0.4) is 0 Å². The molecule has 0 fully saturated rings. The normalized spacial score (nSPS) is 18.8. The highest BCUT2D eigenvalue weighted by atomic mass is 16.2. The summed E-state index contributed by atoms with van der Waals surface area (Å²) < 4.78 is 0. The Kier molecular flexibility index (Phi) is 4.74. The lowest BCUT2D eigenvalue weighted by molar-refractivity contribution is -0.129. The van der Waals surface area contributed by atoms with Crippen LogP contribution in [0.4, 0.5) is 0 Å². The molecule has 5 nitrogen and oxygen atoms in total. The van der Waals surface area contributed by atoms with Crippen molar-refractivity contribution in [2.24, 2.45) is 0 Å². The van der Waals surface area contributed by atoms with Crippen LogP contribution in [0.5, 0.6) is 0 Å². The number of hydrogen-bond donors (Lipinski definition) is 3. The van der Waals surface area contributed by atoms with Crippen LogP contribution in [0.25, 0.3) is 0 Å². The molecule has 3 N–H and O–H groups in total. The number of amides is 2. The molecule has 1 aliphatic heterocycles. The molecule has 0 saturated carbocycles. The number of fused-ring (bicyclic) bond motifs is 1. The van der Waals surface area contributed by atoms with Crippen LogP contribution in [0.15, 0.2) is 24.3 Å². The molecular formula is C15H21N3O2. The molecule has 2 atom stereocenters. The molecule has 1 aromatic rings. The molecule has 0 aromatic heterocycles. The summed E-state index contributed by atoms with van der Waals surface area (Å²) in [5, 5.41) is 8.73. The molecule has 5 heteroatoms. The Morgan fingerprint density at radius 3 is 2.90 bits per heavy atom. The first kappa shape index (κ1) is 14.5. The van der Waals surface area contributed by atoms with Crippen molar-refractivity contribution >= 4 is 11.8 Å². The Morgan fingerprint density at radius 1 is 1.40 bits per heavy atom. The van der Waals surface area contributed by atoms with Crippen LogP contribution in [0, 0.1) is 0 Å². The van der Waals surface area contributed by atoms with E-state index in [1.807, 2.05) is 31.2 Å². The molecule has 0 aliphatic carbocycles. The molecule has 0 saturated heterocycles. The number of carbonyl (C=O) groups is 2. The highest BCUT2D eigenvalue weighted by Crippen LogP contribution is 2.23. The molecular weight excluding hydrogens is 254 g/mol. The van der Waals surface area contributed by atoms with Crippen LogP contribution >= 0.6 is 0 Å². The lowest BCUT2D eigenvalue weighted by atomic mass is 9.90. The number of nitrogens with one attached hydrogen (secondary N) is 3. The molecule has 1 aliphatic rings. The van der Waals surface area contributed by atoms with Gasteiger partial charge in [-0.05, 0) is 25.0 Å². The van der Waals surface area contributed by atoms with Crippen molar-refractivity contribution in [3.63, 3.8) is 0 Å². The number of benzene rings is 1. The second kappa shape index (κ2) is 6.52. The predicted octanol–water partition coefficient (Wildman–Crippen LogP) is 0.514. The molecule has 0 spiro atoms. The van der Waals surface area contributed by atoms with Gasteiger partial charge in [0.2, 0.25) is 11.8 Å². The number of carbonyl (C=O) groups excluding carboxylic acids is 2. The third kappa shape index (κ3) is 3.17. The Hall–Kier alpha value is -1.88. The van der Waals surface area contributed by atoms with Crippen molar-refractivity contribution in [1.29, 1.82) is 0 Å². The zero-order chi connectivity index (χ0) is 14.5. The van der Waals surface area contributed by atoms with E-state index in [2.05, 4.69) is 16.0 Å². The van der Waals surface area contributed by atoms with E-state index in [0.29, 0.717) is 13.1 Å². The van der Waals surface area contributed by atoms with Crippen molar-refractivity contribution in [2.75, 3.05) is 13.1 Å². The van der Waals surface area contributed by atoms with Crippen LogP contribution < -0.4 is 16.0 Å². The van der Waals surface area contributed by atoms with Gasteiger partial charge in [-0.25, -0.2) is 0 Å². The standard InChI is InChI=1S/C15H21N3O2/c1-3-17-14(19)10(2)18-15(20)13-9-16-8-11-6-4-5-7-12(11)13/h4-7,10,13,16H,3,8-9H2,1-2H3,(H,17,19)(H,18,20). The maximum absolute atomic E-state index is 12.3. The zero-order valence-corrected chi connectivity index (χ0v) is 11.9. The fourth-order valence-corrected chi connectivity index (χ4v) is 2.44. The van der Waals surface area contributed by atoms with Gasteiger partial charge in [-0.2, -0.15) is 0 Å². The van der Waals surface area contributed by atoms with Crippen LogP contribution in [-0.2, 0) is 16.1 Å². The van der Waals surface area contributed by atoms with Crippen LogP contribution in [0.1, 0.15) is 30.9 Å². The molecule has 2 unspecified atom stereocenters. The lowest BCUT2D eigenvalue weighted by Crippen LogP contribution is -2.48. The maximum atomic E-state index is 12.3. The Balaban J connectivity index is 2.05. The van der Waals surface area contributed by atoms with Crippen molar-refractivity contribution in [3.05, 3.63) is 35.4 Å². The number of hydrogen-bond acceptors (Lipinski definition) is 3. The molecule has 2 amide bonds. The quantitative estimate of drug-likeness (QED) is 0.750. The minimum Gasteiger partial charge on any atom is -0.355 e. The first-order valence-electron chi connectivity index (χ1n) is 7.00. The van der Waals surface area contributed by atoms with Crippen molar-refractivity contribution in [2.45, 2.75) is 32.4 Å². The van der Waals surface area contributed by atoms with Gasteiger partial charge in [-0.3, -0.25) is 9.59 Å². The first-order valence-corrected chi connectivity index (χ1v) is 7.00. The van der Waals surface area contributed by atoms with Gasteiger partial charge in [0.1, 0.15) is 6.04 Å². The van der Waals surface area contributed by atoms with E-state index in [0.717, 1.165) is 17.7 Å². The van der Waals surface area contributed by atoms with Crippen molar-refractivity contribution in [3.8, 4) is 0 Å². The maximum Gasteiger partial charge on any atom is 0.242 e. The summed E-state index contributed by atoms with van der Waals surface area (Å²) in [5.41, 5.74) is 2.19. The minimum atomic E-state index is -0.517. The summed E-state index contributed by atoms with van der Waals surface area (Å²) in [6, 6.07) is 7.40. The van der Waals surface area contributed by atoms with E-state index < -0.39 is 6.04 Å². The Bertz CT molecular complexity index is 502. The average molecular weight is 275 g/mol. The van der Waals surface area contributed by atoms with E-state index in [4.69, 9.17) is 0 Å². The van der Waals surface area contributed by atoms with Gasteiger partial charge in [0.15, 0.2) is 0 Å². The van der Waals surface area contributed by atoms with Crippen LogP contribution in [-0.4, -0.2) is 30.9 Å². The third-order valence-electron chi connectivity index (χ3n) is 3.51. The van der Waals surface area contributed by atoms with Gasteiger partial charge < -0.3 is 16.0 Å². The highest BCUT2D eigenvalue weighted by molar-refractivity contribution is 5.90. The zero-order valence-electron chi connectivity index (χ0n) is 11.9.